The smallest absolute Gasteiger partial charge is 0.0353 e. The molecule has 15 heavy (non-hydrogen) atoms. The van der Waals surface area contributed by atoms with Gasteiger partial charge in [-0.25, -0.2) is 0 Å². The van der Waals surface area contributed by atoms with E-state index in [-0.39, 0.29) is 0 Å². The van der Waals surface area contributed by atoms with Crippen molar-refractivity contribution in [1.29, 1.82) is 0 Å². The Hall–Kier alpha value is -0.290. The average Bonchev–Trinajstić information content (AvgIpc) is 2.65. The molecular weight excluding hydrogens is 299 g/mol. The number of hydrogen-bond acceptors (Lipinski definition) is 2. The van der Waals surface area contributed by atoms with E-state index in [1.54, 1.807) is 0 Å². The molecule has 0 radical (unpaired) electrons. The largest absolute Gasteiger partial charge is 0.382 e. The lowest BCUT2D eigenvalue weighted by atomic mass is 10.0. The molecule has 3 N–H and O–H groups in total. The zero-order valence-electron chi connectivity index (χ0n) is 8.75. The highest BCUT2D eigenvalue weighted by atomic mass is 127. The van der Waals surface area contributed by atoms with Crippen LogP contribution in [0.2, 0.25) is 0 Å². The number of nitrogens with one attached hydrogen (secondary N) is 1. The first-order valence-electron chi connectivity index (χ1n) is 5.52. The Morgan fingerprint density at radius 2 is 2.27 bits per heavy atom. The van der Waals surface area contributed by atoms with Gasteiger partial charge in [-0.3, -0.25) is 0 Å². The number of rotatable bonds is 3. The fourth-order valence-electron chi connectivity index (χ4n) is 2.30. The average molecular weight is 316 g/mol. The predicted molar refractivity (Wildman–Crippen MR) is 73.0 cm³/mol. The number of anilines is 1. The van der Waals surface area contributed by atoms with Crippen molar-refractivity contribution in [2.75, 3.05) is 11.9 Å². The number of nitrogens with two attached hydrogens (primary N) is 1. The SMILES string of the molecule is NCC1CCCC1Nc1cccc(I)c1. The lowest BCUT2D eigenvalue weighted by Gasteiger charge is -2.20. The van der Waals surface area contributed by atoms with Crippen LogP contribution in [0.25, 0.3) is 0 Å². The van der Waals surface area contributed by atoms with Gasteiger partial charge in [-0.1, -0.05) is 12.5 Å². The molecule has 0 aromatic heterocycles. The minimum atomic E-state index is 0.577. The number of benzene rings is 1. The summed E-state index contributed by atoms with van der Waals surface area (Å²) in [6.45, 7) is 0.807. The van der Waals surface area contributed by atoms with Gasteiger partial charge in [0.25, 0.3) is 0 Å². The van der Waals surface area contributed by atoms with Crippen molar-refractivity contribution in [2.45, 2.75) is 25.3 Å². The monoisotopic (exact) mass is 316 g/mol. The van der Waals surface area contributed by atoms with Crippen molar-refractivity contribution >= 4 is 28.3 Å². The van der Waals surface area contributed by atoms with Crippen LogP contribution in [0.4, 0.5) is 5.69 Å². The van der Waals surface area contributed by atoms with Gasteiger partial charge in [-0.05, 0) is 66.1 Å². The Bertz CT molecular complexity index is 327. The van der Waals surface area contributed by atoms with Gasteiger partial charge in [0.05, 0.1) is 0 Å². The van der Waals surface area contributed by atoms with Gasteiger partial charge in [-0.2, -0.15) is 0 Å². The van der Waals surface area contributed by atoms with Crippen molar-refractivity contribution in [1.82, 2.24) is 0 Å². The zero-order valence-corrected chi connectivity index (χ0v) is 10.9. The summed E-state index contributed by atoms with van der Waals surface area (Å²) in [4.78, 5) is 0. The van der Waals surface area contributed by atoms with Crippen LogP contribution in [-0.2, 0) is 0 Å². The minimum absolute atomic E-state index is 0.577. The molecule has 1 aliphatic carbocycles. The molecule has 0 amide bonds. The van der Waals surface area contributed by atoms with Gasteiger partial charge >= 0.3 is 0 Å². The fourth-order valence-corrected chi connectivity index (χ4v) is 2.84. The molecule has 1 aliphatic rings. The summed E-state index contributed by atoms with van der Waals surface area (Å²) in [7, 11) is 0. The Kier molecular flexibility index (Phi) is 3.86. The molecule has 0 saturated heterocycles. The predicted octanol–water partition coefficient (Wildman–Crippen LogP) is 2.83. The Balaban J connectivity index is 2.02. The van der Waals surface area contributed by atoms with Crippen LogP contribution in [0, 0.1) is 9.49 Å². The minimum Gasteiger partial charge on any atom is -0.382 e. The molecular formula is C12H17IN2. The molecule has 0 heterocycles. The molecule has 2 atom stereocenters. The van der Waals surface area contributed by atoms with E-state index >= 15 is 0 Å². The van der Waals surface area contributed by atoms with Crippen LogP contribution in [0.15, 0.2) is 24.3 Å². The van der Waals surface area contributed by atoms with E-state index in [4.69, 9.17) is 5.73 Å². The van der Waals surface area contributed by atoms with Gasteiger partial charge in [-0.15, -0.1) is 0 Å². The van der Waals surface area contributed by atoms with Crippen LogP contribution >= 0.6 is 22.6 Å². The second-order valence-corrected chi connectivity index (χ2v) is 5.43. The molecule has 1 aromatic carbocycles. The van der Waals surface area contributed by atoms with E-state index in [1.165, 1.54) is 28.5 Å². The molecule has 0 bridgehead atoms. The van der Waals surface area contributed by atoms with E-state index in [1.807, 2.05) is 0 Å². The lowest BCUT2D eigenvalue weighted by molar-refractivity contribution is 0.516. The van der Waals surface area contributed by atoms with Gasteiger partial charge in [0.2, 0.25) is 0 Å². The molecule has 0 spiro atoms. The van der Waals surface area contributed by atoms with Crippen molar-refractivity contribution < 1.29 is 0 Å². The van der Waals surface area contributed by atoms with Crippen LogP contribution in [0.1, 0.15) is 19.3 Å². The maximum Gasteiger partial charge on any atom is 0.0353 e. The van der Waals surface area contributed by atoms with Gasteiger partial charge < -0.3 is 11.1 Å². The molecule has 2 nitrogen and oxygen atoms in total. The first-order valence-corrected chi connectivity index (χ1v) is 6.59. The summed E-state index contributed by atoms with van der Waals surface area (Å²) in [5.41, 5.74) is 7.00. The molecule has 1 fully saturated rings. The van der Waals surface area contributed by atoms with Crippen LogP contribution in [0.3, 0.4) is 0 Å². The second-order valence-electron chi connectivity index (χ2n) is 4.19. The highest BCUT2D eigenvalue weighted by Gasteiger charge is 2.25. The Labute approximate surface area is 105 Å². The molecule has 2 rings (SSSR count). The zero-order chi connectivity index (χ0) is 10.7. The summed E-state index contributed by atoms with van der Waals surface area (Å²) >= 11 is 2.34. The molecule has 82 valence electrons. The topological polar surface area (TPSA) is 38.0 Å². The normalized spacial score (nSPS) is 25.5. The first kappa shape index (κ1) is 11.2. The van der Waals surface area contributed by atoms with E-state index in [0.29, 0.717) is 12.0 Å². The summed E-state index contributed by atoms with van der Waals surface area (Å²) in [5, 5.41) is 3.60. The van der Waals surface area contributed by atoms with Gasteiger partial charge in [0.1, 0.15) is 0 Å². The van der Waals surface area contributed by atoms with E-state index in [9.17, 15) is 0 Å². The summed E-state index contributed by atoms with van der Waals surface area (Å²) in [6, 6.07) is 9.10. The number of halogens is 1. The number of hydrogen-bond donors (Lipinski definition) is 2. The van der Waals surface area contributed by atoms with Gasteiger partial charge in [0.15, 0.2) is 0 Å². The third-order valence-corrected chi connectivity index (χ3v) is 3.81. The molecule has 0 aliphatic heterocycles. The Morgan fingerprint density at radius 3 is 3.00 bits per heavy atom. The maximum absolute atomic E-state index is 5.77. The van der Waals surface area contributed by atoms with Crippen molar-refractivity contribution in [3.63, 3.8) is 0 Å². The highest BCUT2D eigenvalue weighted by Crippen LogP contribution is 2.28. The van der Waals surface area contributed by atoms with Crippen molar-refractivity contribution in [3.8, 4) is 0 Å². The first-order chi connectivity index (χ1) is 7.29. The molecule has 1 saturated carbocycles. The molecule has 3 heteroatoms. The van der Waals surface area contributed by atoms with Crippen LogP contribution in [-0.4, -0.2) is 12.6 Å². The van der Waals surface area contributed by atoms with E-state index in [2.05, 4.69) is 52.2 Å². The molecule has 1 aromatic rings. The molecule has 2 unspecified atom stereocenters. The highest BCUT2D eigenvalue weighted by molar-refractivity contribution is 14.1. The van der Waals surface area contributed by atoms with Crippen LogP contribution in [0.5, 0.6) is 0 Å². The van der Waals surface area contributed by atoms with E-state index in [0.717, 1.165) is 6.54 Å². The maximum atomic E-state index is 5.77. The van der Waals surface area contributed by atoms with Crippen molar-refractivity contribution in [2.24, 2.45) is 11.7 Å². The standard InChI is InChI=1S/C12H17IN2/c13-10-4-2-5-11(7-10)15-12-6-1-3-9(12)8-14/h2,4-5,7,9,12,15H,1,3,6,8,14H2. The van der Waals surface area contributed by atoms with Crippen molar-refractivity contribution in [3.05, 3.63) is 27.8 Å². The van der Waals surface area contributed by atoms with Gasteiger partial charge in [0, 0.05) is 15.3 Å². The third kappa shape index (κ3) is 2.84. The quantitative estimate of drug-likeness (QED) is 0.842. The summed E-state index contributed by atoms with van der Waals surface area (Å²) < 4.78 is 1.28. The van der Waals surface area contributed by atoms with E-state index < -0.39 is 0 Å². The third-order valence-electron chi connectivity index (χ3n) is 3.14. The summed E-state index contributed by atoms with van der Waals surface area (Å²) in [6.07, 6.45) is 3.84. The fraction of sp³-hybridized carbons (Fsp3) is 0.500. The lowest BCUT2D eigenvalue weighted by Crippen LogP contribution is -2.29. The summed E-state index contributed by atoms with van der Waals surface area (Å²) in [5.74, 6) is 0.655. The second kappa shape index (κ2) is 5.16. The van der Waals surface area contributed by atoms with Crippen LogP contribution < -0.4 is 11.1 Å². The Morgan fingerprint density at radius 1 is 1.40 bits per heavy atom.